The van der Waals surface area contributed by atoms with E-state index in [4.69, 9.17) is 5.11 Å². The standard InChI is InChI=1S/C12H23N.C8H13NO4/c1-3-7-11(8-4-1)13-12-9-5-2-6-10-12;1-4-13-8(12)9-6(5(2)3)7(10)11/h11-13H,1-10H2;4-6H,1H2,2-3H3,(H,9,12)(H,10,11). The number of carbonyl (C=O) groups excluding carboxylic acids is 1. The normalized spacial score (nSPS) is 19.8. The molecule has 0 aromatic rings. The summed E-state index contributed by atoms with van der Waals surface area (Å²) >= 11 is 0. The molecule has 0 radical (unpaired) electrons. The number of nitrogens with one attached hydrogen (secondary N) is 2. The minimum absolute atomic E-state index is 0.199. The first-order valence-corrected chi connectivity index (χ1v) is 10.0. The van der Waals surface area contributed by atoms with Crippen LogP contribution in [-0.4, -0.2) is 35.3 Å². The van der Waals surface area contributed by atoms with Crippen LogP contribution in [0.5, 0.6) is 0 Å². The molecule has 150 valence electrons. The van der Waals surface area contributed by atoms with E-state index in [-0.39, 0.29) is 5.92 Å². The number of aliphatic carboxylic acids is 1. The lowest BCUT2D eigenvalue weighted by Crippen LogP contribution is -2.44. The molecule has 2 aliphatic rings. The lowest BCUT2D eigenvalue weighted by Gasteiger charge is -2.30. The van der Waals surface area contributed by atoms with E-state index in [2.05, 4.69) is 21.9 Å². The molecule has 0 aromatic carbocycles. The van der Waals surface area contributed by atoms with Gasteiger partial charge in [0.15, 0.2) is 0 Å². The van der Waals surface area contributed by atoms with Gasteiger partial charge in [-0.05, 0) is 31.6 Å². The lowest BCUT2D eigenvalue weighted by atomic mass is 9.91. The fourth-order valence-corrected chi connectivity index (χ4v) is 3.62. The summed E-state index contributed by atoms with van der Waals surface area (Å²) in [5, 5.41) is 14.7. The third kappa shape index (κ3) is 9.22. The lowest BCUT2D eigenvalue weighted by molar-refractivity contribution is -0.140. The maximum atomic E-state index is 10.8. The van der Waals surface area contributed by atoms with Crippen LogP contribution in [0.25, 0.3) is 0 Å². The molecule has 26 heavy (non-hydrogen) atoms. The molecule has 2 aliphatic carbocycles. The Morgan fingerprint density at radius 2 is 1.46 bits per heavy atom. The van der Waals surface area contributed by atoms with E-state index in [1.165, 1.54) is 64.2 Å². The van der Waals surface area contributed by atoms with Crippen molar-refractivity contribution in [3.63, 3.8) is 0 Å². The van der Waals surface area contributed by atoms with Crippen LogP contribution in [-0.2, 0) is 9.53 Å². The molecule has 1 unspecified atom stereocenters. The Morgan fingerprint density at radius 3 is 1.81 bits per heavy atom. The Bertz CT molecular complexity index is 412. The second-order valence-electron chi connectivity index (χ2n) is 7.61. The molecule has 0 bridgehead atoms. The van der Waals surface area contributed by atoms with Crippen LogP contribution in [0.15, 0.2) is 12.8 Å². The van der Waals surface area contributed by atoms with E-state index in [1.807, 2.05) is 0 Å². The van der Waals surface area contributed by atoms with Crippen molar-refractivity contribution in [2.75, 3.05) is 0 Å². The molecule has 1 amide bonds. The smallest absolute Gasteiger partial charge is 0.412 e. The Labute approximate surface area is 157 Å². The fraction of sp³-hybridized carbons (Fsp3) is 0.800. The van der Waals surface area contributed by atoms with E-state index in [0.717, 1.165) is 18.3 Å². The number of carboxylic acids is 1. The van der Waals surface area contributed by atoms with Crippen molar-refractivity contribution < 1.29 is 19.4 Å². The van der Waals surface area contributed by atoms with Crippen molar-refractivity contribution in [1.29, 1.82) is 0 Å². The van der Waals surface area contributed by atoms with Gasteiger partial charge < -0.3 is 20.5 Å². The molecule has 1 atom stereocenters. The highest BCUT2D eigenvalue weighted by molar-refractivity contribution is 5.80. The zero-order valence-electron chi connectivity index (χ0n) is 16.3. The highest BCUT2D eigenvalue weighted by atomic mass is 16.5. The van der Waals surface area contributed by atoms with Crippen molar-refractivity contribution in [2.24, 2.45) is 5.92 Å². The van der Waals surface area contributed by atoms with E-state index in [0.29, 0.717) is 0 Å². The van der Waals surface area contributed by atoms with E-state index >= 15 is 0 Å². The van der Waals surface area contributed by atoms with Gasteiger partial charge in [0.25, 0.3) is 0 Å². The number of rotatable bonds is 6. The minimum atomic E-state index is -1.09. The molecule has 0 spiro atoms. The van der Waals surface area contributed by atoms with Crippen LogP contribution in [0.1, 0.15) is 78.1 Å². The Morgan fingerprint density at radius 1 is 1.00 bits per heavy atom. The van der Waals surface area contributed by atoms with Gasteiger partial charge in [-0.1, -0.05) is 59.0 Å². The number of carbonyl (C=O) groups is 2. The zero-order valence-corrected chi connectivity index (χ0v) is 16.3. The first-order chi connectivity index (χ1) is 12.4. The summed E-state index contributed by atoms with van der Waals surface area (Å²) in [4.78, 5) is 21.4. The fourth-order valence-electron chi connectivity index (χ4n) is 3.62. The van der Waals surface area contributed by atoms with Gasteiger partial charge in [-0.3, -0.25) is 0 Å². The van der Waals surface area contributed by atoms with Gasteiger partial charge in [-0.2, -0.15) is 0 Å². The third-order valence-corrected chi connectivity index (χ3v) is 5.08. The number of hydrogen-bond acceptors (Lipinski definition) is 4. The number of amides is 1. The summed E-state index contributed by atoms with van der Waals surface area (Å²) in [6, 6.07) is 0.807. The molecule has 2 saturated carbocycles. The molecule has 3 N–H and O–H groups in total. The molecule has 2 rings (SSSR count). The Balaban J connectivity index is 0.000000260. The average molecular weight is 369 g/mol. The second-order valence-corrected chi connectivity index (χ2v) is 7.61. The van der Waals surface area contributed by atoms with Crippen LogP contribution in [0, 0.1) is 5.92 Å². The predicted molar refractivity (Wildman–Crippen MR) is 103 cm³/mol. The van der Waals surface area contributed by atoms with Crippen LogP contribution < -0.4 is 10.6 Å². The Hall–Kier alpha value is -1.56. The highest BCUT2D eigenvalue weighted by Gasteiger charge is 2.23. The van der Waals surface area contributed by atoms with Crippen LogP contribution >= 0.6 is 0 Å². The number of alkyl carbamates (subject to hydrolysis) is 1. The van der Waals surface area contributed by atoms with Gasteiger partial charge in [0.05, 0.1) is 6.26 Å². The molecule has 6 nitrogen and oxygen atoms in total. The predicted octanol–water partition coefficient (Wildman–Crippen LogP) is 4.21. The average Bonchev–Trinajstić information content (AvgIpc) is 2.62. The van der Waals surface area contributed by atoms with Gasteiger partial charge in [0.1, 0.15) is 6.04 Å². The number of carboxylic acid groups (broad SMARTS) is 1. The highest BCUT2D eigenvalue weighted by Crippen LogP contribution is 2.22. The summed E-state index contributed by atoms with van der Waals surface area (Å²) in [5.41, 5.74) is 0. The molecule has 0 heterocycles. The summed E-state index contributed by atoms with van der Waals surface area (Å²) in [7, 11) is 0. The monoisotopic (exact) mass is 368 g/mol. The molecule has 0 aromatic heterocycles. The number of hydrogen-bond donors (Lipinski definition) is 3. The quantitative estimate of drug-likeness (QED) is 0.611. The summed E-state index contributed by atoms with van der Waals surface area (Å²) < 4.78 is 4.32. The van der Waals surface area contributed by atoms with Crippen LogP contribution in [0.3, 0.4) is 0 Å². The summed E-state index contributed by atoms with van der Waals surface area (Å²) in [6.07, 6.45) is 14.7. The van der Waals surface area contributed by atoms with Gasteiger partial charge in [-0.15, -0.1) is 0 Å². The first kappa shape index (κ1) is 22.5. The maximum Gasteiger partial charge on any atom is 0.412 e. The van der Waals surface area contributed by atoms with Crippen LogP contribution in [0.4, 0.5) is 4.79 Å². The van der Waals surface area contributed by atoms with Crippen LogP contribution in [0.2, 0.25) is 0 Å². The molecular weight excluding hydrogens is 332 g/mol. The van der Waals surface area contributed by atoms with E-state index in [1.54, 1.807) is 13.8 Å². The van der Waals surface area contributed by atoms with E-state index < -0.39 is 18.1 Å². The number of ether oxygens (including phenoxy) is 1. The Kier molecular flexibility index (Phi) is 11.0. The third-order valence-electron chi connectivity index (χ3n) is 5.08. The van der Waals surface area contributed by atoms with Crippen molar-refractivity contribution >= 4 is 12.1 Å². The molecule has 0 aliphatic heterocycles. The van der Waals surface area contributed by atoms with Gasteiger partial charge in [0.2, 0.25) is 0 Å². The maximum absolute atomic E-state index is 10.8. The minimum Gasteiger partial charge on any atom is -0.480 e. The van der Waals surface area contributed by atoms with Crippen molar-refractivity contribution in [3.05, 3.63) is 12.8 Å². The van der Waals surface area contributed by atoms with Crippen molar-refractivity contribution in [1.82, 2.24) is 10.6 Å². The topological polar surface area (TPSA) is 87.7 Å². The largest absolute Gasteiger partial charge is 0.480 e. The molecule has 2 fully saturated rings. The summed E-state index contributed by atoms with van der Waals surface area (Å²) in [5.74, 6) is -1.29. The summed E-state index contributed by atoms with van der Waals surface area (Å²) in [6.45, 7) is 6.54. The van der Waals surface area contributed by atoms with Crippen molar-refractivity contribution in [2.45, 2.75) is 96.2 Å². The molecule has 0 saturated heterocycles. The van der Waals surface area contributed by atoms with Gasteiger partial charge >= 0.3 is 12.1 Å². The van der Waals surface area contributed by atoms with Gasteiger partial charge in [0, 0.05) is 12.1 Å². The molecular formula is C20H36N2O4. The zero-order chi connectivity index (χ0) is 19.4. The van der Waals surface area contributed by atoms with Gasteiger partial charge in [-0.25, -0.2) is 9.59 Å². The second kappa shape index (κ2) is 12.7. The SMILES string of the molecule is C1CCC(NC2CCCCC2)CC1.C=COC(=O)NC(C(=O)O)C(C)C. The molecule has 6 heteroatoms. The first-order valence-electron chi connectivity index (χ1n) is 10.0. The van der Waals surface area contributed by atoms with E-state index in [9.17, 15) is 9.59 Å². The van der Waals surface area contributed by atoms with Crippen molar-refractivity contribution in [3.8, 4) is 0 Å².